The maximum Gasteiger partial charge on any atom is 0.0783 e. The first-order valence-electron chi connectivity index (χ1n) is 7.73. The van der Waals surface area contributed by atoms with Crippen molar-refractivity contribution in [3.05, 3.63) is 35.4 Å². The molecular weight excluding hydrogens is 248 g/mol. The molecule has 1 saturated heterocycles. The van der Waals surface area contributed by atoms with E-state index in [1.54, 1.807) is 0 Å². The maximum atomic E-state index is 11.4. The quantitative estimate of drug-likeness (QED) is 0.862. The van der Waals surface area contributed by atoms with Crippen LogP contribution in [-0.2, 0) is 11.8 Å². The summed E-state index contributed by atoms with van der Waals surface area (Å²) >= 11 is 0. The standard InChI is InChI=1S/C17H26N2O/c1-13-11-17(20,9-10-19(13)2)16(12-18)8-7-14-5-3-4-6-15(14)16/h3-6,13,20H,7-12,18H2,1-2H3. The molecule has 3 atom stereocenters. The summed E-state index contributed by atoms with van der Waals surface area (Å²) in [4.78, 5) is 2.33. The number of nitrogens with zero attached hydrogens (tertiary/aromatic N) is 1. The number of benzene rings is 1. The Morgan fingerprint density at radius 1 is 1.35 bits per heavy atom. The van der Waals surface area contributed by atoms with Crippen LogP contribution >= 0.6 is 0 Å². The van der Waals surface area contributed by atoms with Crippen LogP contribution in [0.1, 0.15) is 37.3 Å². The van der Waals surface area contributed by atoms with Crippen molar-refractivity contribution in [2.24, 2.45) is 5.73 Å². The molecule has 1 aliphatic carbocycles. The monoisotopic (exact) mass is 274 g/mol. The zero-order chi connectivity index (χ0) is 14.4. The van der Waals surface area contributed by atoms with Gasteiger partial charge in [0.25, 0.3) is 0 Å². The topological polar surface area (TPSA) is 49.5 Å². The molecule has 0 radical (unpaired) electrons. The van der Waals surface area contributed by atoms with Gasteiger partial charge in [-0.25, -0.2) is 0 Å². The predicted molar refractivity (Wildman–Crippen MR) is 81.8 cm³/mol. The fourth-order valence-electron chi connectivity index (χ4n) is 4.34. The minimum Gasteiger partial charge on any atom is -0.389 e. The van der Waals surface area contributed by atoms with Gasteiger partial charge < -0.3 is 15.7 Å². The highest BCUT2D eigenvalue weighted by Crippen LogP contribution is 2.50. The van der Waals surface area contributed by atoms with Gasteiger partial charge in [0.15, 0.2) is 0 Å². The Hall–Kier alpha value is -0.900. The second-order valence-electron chi connectivity index (χ2n) is 6.76. The summed E-state index contributed by atoms with van der Waals surface area (Å²) in [7, 11) is 2.14. The number of piperidine rings is 1. The van der Waals surface area contributed by atoms with E-state index in [9.17, 15) is 5.11 Å². The van der Waals surface area contributed by atoms with Gasteiger partial charge in [-0.1, -0.05) is 24.3 Å². The van der Waals surface area contributed by atoms with E-state index in [0.29, 0.717) is 12.6 Å². The number of likely N-dealkylation sites (tertiary alicyclic amines) is 1. The van der Waals surface area contributed by atoms with Crippen molar-refractivity contribution < 1.29 is 5.11 Å². The average Bonchev–Trinajstić information content (AvgIpc) is 2.84. The number of aliphatic hydroxyl groups is 1. The zero-order valence-corrected chi connectivity index (χ0v) is 12.6. The lowest BCUT2D eigenvalue weighted by Crippen LogP contribution is -2.61. The number of rotatable bonds is 2. The molecule has 1 aromatic rings. The molecule has 20 heavy (non-hydrogen) atoms. The highest BCUT2D eigenvalue weighted by Gasteiger charge is 2.55. The largest absolute Gasteiger partial charge is 0.389 e. The van der Waals surface area contributed by atoms with E-state index >= 15 is 0 Å². The minimum atomic E-state index is -0.666. The summed E-state index contributed by atoms with van der Waals surface area (Å²) in [5.74, 6) is 0. The van der Waals surface area contributed by atoms with Crippen molar-refractivity contribution in [2.75, 3.05) is 20.1 Å². The molecule has 1 heterocycles. The molecule has 3 unspecified atom stereocenters. The summed E-state index contributed by atoms with van der Waals surface area (Å²) in [6.07, 6.45) is 3.66. The maximum absolute atomic E-state index is 11.4. The van der Waals surface area contributed by atoms with Crippen molar-refractivity contribution in [1.82, 2.24) is 4.90 Å². The molecule has 0 saturated carbocycles. The Morgan fingerprint density at radius 3 is 2.80 bits per heavy atom. The normalized spacial score (nSPS) is 37.9. The zero-order valence-electron chi connectivity index (χ0n) is 12.6. The number of fused-ring (bicyclic) bond motifs is 1. The Labute approximate surface area is 121 Å². The van der Waals surface area contributed by atoms with Gasteiger partial charge in [-0.3, -0.25) is 0 Å². The van der Waals surface area contributed by atoms with Crippen LogP contribution in [0, 0.1) is 0 Å². The molecule has 2 aliphatic rings. The molecule has 1 aliphatic heterocycles. The van der Waals surface area contributed by atoms with Crippen molar-refractivity contribution in [1.29, 1.82) is 0 Å². The van der Waals surface area contributed by atoms with Crippen LogP contribution in [-0.4, -0.2) is 41.8 Å². The molecule has 3 nitrogen and oxygen atoms in total. The number of hydrogen-bond donors (Lipinski definition) is 2. The Morgan fingerprint density at radius 2 is 2.10 bits per heavy atom. The number of aryl methyl sites for hydroxylation is 1. The van der Waals surface area contributed by atoms with Crippen LogP contribution < -0.4 is 5.73 Å². The Balaban J connectivity index is 2.02. The highest BCUT2D eigenvalue weighted by atomic mass is 16.3. The summed E-state index contributed by atoms with van der Waals surface area (Å²) in [6.45, 7) is 3.69. The fourth-order valence-corrected chi connectivity index (χ4v) is 4.34. The van der Waals surface area contributed by atoms with Crippen LogP contribution in [0.2, 0.25) is 0 Å². The Bertz CT molecular complexity index is 504. The van der Waals surface area contributed by atoms with E-state index in [-0.39, 0.29) is 5.41 Å². The van der Waals surface area contributed by atoms with Crippen LogP contribution in [0.3, 0.4) is 0 Å². The van der Waals surface area contributed by atoms with Gasteiger partial charge in [-0.05, 0) is 50.8 Å². The van der Waals surface area contributed by atoms with Crippen LogP contribution in [0.4, 0.5) is 0 Å². The SMILES string of the molecule is CC1CC(O)(C2(CN)CCc3ccccc32)CCN1C. The van der Waals surface area contributed by atoms with E-state index < -0.39 is 5.60 Å². The van der Waals surface area contributed by atoms with Crippen molar-refractivity contribution in [3.63, 3.8) is 0 Å². The van der Waals surface area contributed by atoms with Gasteiger partial charge >= 0.3 is 0 Å². The van der Waals surface area contributed by atoms with Gasteiger partial charge in [0.05, 0.1) is 5.60 Å². The third-order valence-electron chi connectivity index (χ3n) is 5.86. The van der Waals surface area contributed by atoms with Gasteiger partial charge in [0.1, 0.15) is 0 Å². The second kappa shape index (κ2) is 4.83. The second-order valence-corrected chi connectivity index (χ2v) is 6.76. The molecule has 3 rings (SSSR count). The van der Waals surface area contributed by atoms with Crippen molar-refractivity contribution in [2.45, 2.75) is 49.7 Å². The lowest BCUT2D eigenvalue weighted by atomic mass is 9.62. The van der Waals surface area contributed by atoms with Crippen LogP contribution in [0.5, 0.6) is 0 Å². The van der Waals surface area contributed by atoms with Crippen molar-refractivity contribution >= 4 is 0 Å². The van der Waals surface area contributed by atoms with Gasteiger partial charge in [-0.15, -0.1) is 0 Å². The molecule has 0 aromatic heterocycles. The first kappa shape index (κ1) is 14.1. The first-order valence-corrected chi connectivity index (χ1v) is 7.73. The van der Waals surface area contributed by atoms with Gasteiger partial charge in [0.2, 0.25) is 0 Å². The lowest BCUT2D eigenvalue weighted by Gasteiger charge is -2.51. The summed E-state index contributed by atoms with van der Waals surface area (Å²) in [5, 5.41) is 11.4. The highest BCUT2D eigenvalue weighted by molar-refractivity contribution is 5.43. The fraction of sp³-hybridized carbons (Fsp3) is 0.647. The van der Waals surface area contributed by atoms with E-state index in [1.807, 2.05) is 0 Å². The lowest BCUT2D eigenvalue weighted by molar-refractivity contribution is -0.0929. The van der Waals surface area contributed by atoms with E-state index in [1.165, 1.54) is 11.1 Å². The third kappa shape index (κ3) is 1.84. The molecule has 0 amide bonds. The molecule has 0 spiro atoms. The summed E-state index contributed by atoms with van der Waals surface area (Å²) in [5.41, 5.74) is 7.96. The molecule has 3 heteroatoms. The summed E-state index contributed by atoms with van der Waals surface area (Å²) < 4.78 is 0. The summed E-state index contributed by atoms with van der Waals surface area (Å²) in [6, 6.07) is 8.94. The average molecular weight is 274 g/mol. The first-order chi connectivity index (χ1) is 9.52. The van der Waals surface area contributed by atoms with Gasteiger partial charge in [0, 0.05) is 24.5 Å². The van der Waals surface area contributed by atoms with E-state index in [2.05, 4.69) is 43.1 Å². The van der Waals surface area contributed by atoms with E-state index in [0.717, 1.165) is 32.2 Å². The van der Waals surface area contributed by atoms with Gasteiger partial charge in [-0.2, -0.15) is 0 Å². The van der Waals surface area contributed by atoms with Crippen LogP contribution in [0.25, 0.3) is 0 Å². The van der Waals surface area contributed by atoms with Crippen LogP contribution in [0.15, 0.2) is 24.3 Å². The predicted octanol–water partition coefficient (Wildman–Crippen LogP) is 1.67. The third-order valence-corrected chi connectivity index (χ3v) is 5.86. The molecular formula is C17H26N2O. The van der Waals surface area contributed by atoms with E-state index in [4.69, 9.17) is 5.73 Å². The molecule has 3 N–H and O–H groups in total. The number of hydrogen-bond acceptors (Lipinski definition) is 3. The van der Waals surface area contributed by atoms with Crippen molar-refractivity contribution in [3.8, 4) is 0 Å². The molecule has 1 fully saturated rings. The number of nitrogens with two attached hydrogens (primary N) is 1. The Kier molecular flexibility index (Phi) is 3.39. The smallest absolute Gasteiger partial charge is 0.0783 e. The molecule has 1 aromatic carbocycles. The minimum absolute atomic E-state index is 0.251. The molecule has 0 bridgehead atoms. The molecule has 110 valence electrons.